The van der Waals surface area contributed by atoms with Crippen LogP contribution in [0.2, 0.25) is 0 Å². The van der Waals surface area contributed by atoms with E-state index >= 15 is 0 Å². The second-order valence-corrected chi connectivity index (χ2v) is 6.65. The van der Waals surface area contributed by atoms with Crippen LogP contribution in [0.5, 0.6) is 0 Å². The maximum Gasteiger partial charge on any atom is 0.416 e. The van der Waals surface area contributed by atoms with Crippen molar-refractivity contribution in [1.29, 1.82) is 0 Å². The van der Waals surface area contributed by atoms with E-state index in [1.165, 1.54) is 12.1 Å². The minimum Gasteiger partial charge on any atom is -0.322 e. The lowest BCUT2D eigenvalue weighted by atomic mass is 9.97. The van der Waals surface area contributed by atoms with Crippen molar-refractivity contribution in [3.05, 3.63) is 101 Å². The van der Waals surface area contributed by atoms with Crippen molar-refractivity contribution in [3.63, 3.8) is 0 Å². The molecule has 1 N–H and O–H groups in total. The maximum absolute atomic E-state index is 12.9. The largest absolute Gasteiger partial charge is 0.416 e. The standard InChI is InChI=1S/C23H18F3NO2/c1-15-10-11-16(12-20(15)22(29)27-19-8-3-2-4-9-19)13-21(28)17-6-5-7-18(14-17)23(24,25)26/h2-12,14H,13H2,1H3,(H,27,29). The van der Waals surface area contributed by atoms with Crippen LogP contribution >= 0.6 is 0 Å². The predicted octanol–water partition coefficient (Wildman–Crippen LogP) is 5.69. The van der Waals surface area contributed by atoms with E-state index < -0.39 is 17.5 Å². The summed E-state index contributed by atoms with van der Waals surface area (Å²) >= 11 is 0. The van der Waals surface area contributed by atoms with Crippen molar-refractivity contribution in [2.45, 2.75) is 19.5 Å². The SMILES string of the molecule is Cc1ccc(CC(=O)c2cccc(C(F)(F)F)c2)cc1C(=O)Nc1ccccc1. The molecule has 0 saturated heterocycles. The molecular formula is C23H18F3NO2. The monoisotopic (exact) mass is 397 g/mol. The van der Waals surface area contributed by atoms with Crippen LogP contribution < -0.4 is 5.32 Å². The molecule has 3 rings (SSSR count). The lowest BCUT2D eigenvalue weighted by Crippen LogP contribution is -2.14. The van der Waals surface area contributed by atoms with Crippen molar-refractivity contribution in [2.24, 2.45) is 0 Å². The van der Waals surface area contributed by atoms with E-state index in [2.05, 4.69) is 5.32 Å². The molecule has 3 aromatic carbocycles. The van der Waals surface area contributed by atoms with Crippen LogP contribution in [-0.2, 0) is 12.6 Å². The Bertz CT molecular complexity index is 1040. The van der Waals surface area contributed by atoms with Crippen LogP contribution in [-0.4, -0.2) is 11.7 Å². The number of carbonyl (C=O) groups excluding carboxylic acids is 2. The van der Waals surface area contributed by atoms with Gasteiger partial charge in [-0.15, -0.1) is 0 Å². The first-order valence-corrected chi connectivity index (χ1v) is 8.90. The van der Waals surface area contributed by atoms with Crippen molar-refractivity contribution in [2.75, 3.05) is 5.32 Å². The first-order valence-electron chi connectivity index (χ1n) is 8.90. The van der Waals surface area contributed by atoms with E-state index in [1.807, 2.05) is 6.07 Å². The average molecular weight is 397 g/mol. The molecule has 0 unspecified atom stereocenters. The molecule has 0 aliphatic rings. The van der Waals surface area contributed by atoms with E-state index in [0.717, 1.165) is 17.7 Å². The number of carbonyl (C=O) groups is 2. The molecule has 1 amide bonds. The Hall–Kier alpha value is -3.41. The lowest BCUT2D eigenvalue weighted by molar-refractivity contribution is -0.137. The quantitative estimate of drug-likeness (QED) is 0.562. The molecule has 0 aliphatic carbocycles. The third-order valence-electron chi connectivity index (χ3n) is 4.45. The summed E-state index contributed by atoms with van der Waals surface area (Å²) < 4.78 is 38.6. The second-order valence-electron chi connectivity index (χ2n) is 6.65. The minimum atomic E-state index is -4.51. The summed E-state index contributed by atoms with van der Waals surface area (Å²) in [5.74, 6) is -0.767. The summed E-state index contributed by atoms with van der Waals surface area (Å²) in [5.41, 5.74) is 1.45. The fourth-order valence-corrected chi connectivity index (χ4v) is 2.90. The number of benzene rings is 3. The summed E-state index contributed by atoms with van der Waals surface area (Å²) in [6.45, 7) is 1.78. The van der Waals surface area contributed by atoms with Crippen LogP contribution in [0, 0.1) is 6.92 Å². The van der Waals surface area contributed by atoms with Crippen LogP contribution in [0.25, 0.3) is 0 Å². The number of nitrogens with one attached hydrogen (secondary N) is 1. The maximum atomic E-state index is 12.9. The van der Waals surface area contributed by atoms with E-state index in [4.69, 9.17) is 0 Å². The summed E-state index contributed by atoms with van der Waals surface area (Å²) in [4.78, 5) is 25.1. The molecule has 29 heavy (non-hydrogen) atoms. The highest BCUT2D eigenvalue weighted by molar-refractivity contribution is 6.05. The van der Waals surface area contributed by atoms with Crippen LogP contribution in [0.1, 0.15) is 37.4 Å². The van der Waals surface area contributed by atoms with Crippen molar-refractivity contribution in [3.8, 4) is 0 Å². The number of para-hydroxylation sites is 1. The van der Waals surface area contributed by atoms with Gasteiger partial charge in [0.2, 0.25) is 0 Å². The number of hydrogen-bond donors (Lipinski definition) is 1. The van der Waals surface area contributed by atoms with Gasteiger partial charge in [-0.3, -0.25) is 9.59 Å². The smallest absolute Gasteiger partial charge is 0.322 e. The van der Waals surface area contributed by atoms with Gasteiger partial charge in [-0.2, -0.15) is 13.2 Å². The van der Waals surface area contributed by atoms with E-state index in [0.29, 0.717) is 16.8 Å². The van der Waals surface area contributed by atoms with Crippen molar-refractivity contribution in [1.82, 2.24) is 0 Å². The van der Waals surface area contributed by atoms with Gasteiger partial charge >= 0.3 is 6.18 Å². The molecule has 0 aliphatic heterocycles. The van der Waals surface area contributed by atoms with Gasteiger partial charge in [0.05, 0.1) is 5.56 Å². The number of anilines is 1. The minimum absolute atomic E-state index is 0.0179. The van der Waals surface area contributed by atoms with Gasteiger partial charge in [-0.1, -0.05) is 42.5 Å². The molecule has 0 aromatic heterocycles. The zero-order valence-corrected chi connectivity index (χ0v) is 15.6. The summed E-state index contributed by atoms with van der Waals surface area (Å²) in [7, 11) is 0. The molecule has 0 saturated carbocycles. The summed E-state index contributed by atoms with van der Waals surface area (Å²) in [6, 6.07) is 18.3. The Morgan fingerprint density at radius 1 is 0.897 bits per heavy atom. The van der Waals surface area contributed by atoms with E-state index in [-0.39, 0.29) is 17.9 Å². The second kappa shape index (κ2) is 8.31. The molecule has 0 spiro atoms. The number of Topliss-reactive ketones (excluding diaryl/α,β-unsaturated/α-hetero) is 1. The average Bonchev–Trinajstić information content (AvgIpc) is 2.69. The van der Waals surface area contributed by atoms with Gasteiger partial charge in [-0.05, 0) is 48.4 Å². The molecule has 0 fully saturated rings. The first-order chi connectivity index (χ1) is 13.7. The van der Waals surface area contributed by atoms with E-state index in [1.54, 1.807) is 49.4 Å². The number of aryl methyl sites for hydroxylation is 1. The first kappa shape index (κ1) is 20.3. The molecule has 0 bridgehead atoms. The zero-order chi connectivity index (χ0) is 21.0. The number of rotatable bonds is 5. The molecule has 3 nitrogen and oxygen atoms in total. The van der Waals surface area contributed by atoms with Crippen LogP contribution in [0.3, 0.4) is 0 Å². The highest BCUT2D eigenvalue weighted by atomic mass is 19.4. The fraction of sp³-hybridized carbons (Fsp3) is 0.130. The number of hydrogen-bond acceptors (Lipinski definition) is 2. The Morgan fingerprint density at radius 2 is 1.62 bits per heavy atom. The molecule has 3 aromatic rings. The van der Waals surface area contributed by atoms with Crippen LogP contribution in [0.4, 0.5) is 18.9 Å². The molecule has 0 radical (unpaired) electrons. The van der Waals surface area contributed by atoms with Crippen molar-refractivity contribution >= 4 is 17.4 Å². The van der Waals surface area contributed by atoms with E-state index in [9.17, 15) is 22.8 Å². The van der Waals surface area contributed by atoms with Gasteiger partial charge < -0.3 is 5.32 Å². The van der Waals surface area contributed by atoms with Gasteiger partial charge in [-0.25, -0.2) is 0 Å². The summed E-state index contributed by atoms with van der Waals surface area (Å²) in [6.07, 6.45) is -4.62. The zero-order valence-electron chi connectivity index (χ0n) is 15.6. The van der Waals surface area contributed by atoms with Crippen molar-refractivity contribution < 1.29 is 22.8 Å². The number of alkyl halides is 3. The Labute approximate surface area is 166 Å². The molecular weight excluding hydrogens is 379 g/mol. The van der Waals surface area contributed by atoms with Gasteiger partial charge in [0.15, 0.2) is 5.78 Å². The third-order valence-corrected chi connectivity index (χ3v) is 4.45. The highest BCUT2D eigenvalue weighted by Crippen LogP contribution is 2.29. The number of amides is 1. The fourth-order valence-electron chi connectivity index (χ4n) is 2.90. The molecule has 6 heteroatoms. The molecule has 0 atom stereocenters. The molecule has 0 heterocycles. The Morgan fingerprint density at radius 3 is 2.31 bits per heavy atom. The summed E-state index contributed by atoms with van der Waals surface area (Å²) in [5, 5.41) is 2.79. The number of halogens is 3. The third kappa shape index (κ3) is 5.10. The Balaban J connectivity index is 1.79. The highest BCUT2D eigenvalue weighted by Gasteiger charge is 2.30. The lowest BCUT2D eigenvalue weighted by Gasteiger charge is -2.11. The predicted molar refractivity (Wildman–Crippen MR) is 105 cm³/mol. The molecule has 148 valence electrons. The van der Waals surface area contributed by atoms with Gasteiger partial charge in [0, 0.05) is 23.2 Å². The van der Waals surface area contributed by atoms with Crippen LogP contribution in [0.15, 0.2) is 72.8 Å². The normalized spacial score (nSPS) is 11.2. The van der Waals surface area contributed by atoms with Gasteiger partial charge in [0.1, 0.15) is 0 Å². The topological polar surface area (TPSA) is 46.2 Å². The Kier molecular flexibility index (Phi) is 5.82. The number of ketones is 1. The van der Waals surface area contributed by atoms with Gasteiger partial charge in [0.25, 0.3) is 5.91 Å².